The van der Waals surface area contributed by atoms with Crippen LogP contribution in [0.1, 0.15) is 30.5 Å². The van der Waals surface area contributed by atoms with E-state index in [1.165, 1.54) is 5.56 Å². The lowest BCUT2D eigenvalue weighted by Crippen LogP contribution is -2.14. The first kappa shape index (κ1) is 15.9. The van der Waals surface area contributed by atoms with Gasteiger partial charge in [0.25, 0.3) is 0 Å². The predicted molar refractivity (Wildman–Crippen MR) is 89.2 cm³/mol. The van der Waals surface area contributed by atoms with Gasteiger partial charge in [-0.2, -0.15) is 0 Å². The van der Waals surface area contributed by atoms with Crippen molar-refractivity contribution in [1.29, 1.82) is 0 Å². The first-order valence-electron chi connectivity index (χ1n) is 7.34. The van der Waals surface area contributed by atoms with E-state index in [-0.39, 0.29) is 6.04 Å². The summed E-state index contributed by atoms with van der Waals surface area (Å²) in [6.45, 7) is 2.81. The molecule has 0 aromatic heterocycles. The van der Waals surface area contributed by atoms with Gasteiger partial charge in [0.2, 0.25) is 0 Å². The lowest BCUT2D eigenvalue weighted by molar-refractivity contribution is 0.305. The summed E-state index contributed by atoms with van der Waals surface area (Å²) in [5.41, 5.74) is 2.45. The summed E-state index contributed by atoms with van der Waals surface area (Å²) in [5.74, 6) is 0.911. The Morgan fingerprint density at radius 3 is 2.62 bits per heavy atom. The Bertz CT molecular complexity index is 556. The van der Waals surface area contributed by atoms with Gasteiger partial charge in [0, 0.05) is 16.6 Å². The number of halogens is 1. The molecule has 0 bridgehead atoms. The van der Waals surface area contributed by atoms with Crippen LogP contribution in [-0.2, 0) is 6.42 Å². The average Bonchev–Trinajstić information content (AvgIpc) is 2.53. The van der Waals surface area contributed by atoms with Crippen molar-refractivity contribution < 1.29 is 4.74 Å². The van der Waals surface area contributed by atoms with Gasteiger partial charge in [-0.15, -0.1) is 0 Å². The van der Waals surface area contributed by atoms with Gasteiger partial charge in [-0.05, 0) is 50.6 Å². The van der Waals surface area contributed by atoms with Crippen molar-refractivity contribution in [3.63, 3.8) is 0 Å². The van der Waals surface area contributed by atoms with E-state index in [0.29, 0.717) is 6.61 Å². The number of hydrogen-bond acceptors (Lipinski definition) is 2. The van der Waals surface area contributed by atoms with E-state index in [2.05, 4.69) is 36.5 Å². The smallest absolute Gasteiger partial charge is 0.124 e. The van der Waals surface area contributed by atoms with Gasteiger partial charge in [0.05, 0.1) is 6.61 Å². The van der Waals surface area contributed by atoms with Gasteiger partial charge in [-0.1, -0.05) is 41.9 Å². The molecular weight excluding hydrogens is 282 g/mol. The van der Waals surface area contributed by atoms with Crippen LogP contribution in [-0.4, -0.2) is 13.7 Å². The molecule has 0 aliphatic heterocycles. The van der Waals surface area contributed by atoms with Crippen LogP contribution in [0, 0.1) is 0 Å². The molecule has 1 N–H and O–H groups in total. The van der Waals surface area contributed by atoms with E-state index < -0.39 is 0 Å². The number of benzene rings is 2. The van der Waals surface area contributed by atoms with Crippen molar-refractivity contribution in [3.05, 3.63) is 64.7 Å². The molecule has 1 atom stereocenters. The monoisotopic (exact) mass is 303 g/mol. The molecule has 0 heterocycles. The van der Waals surface area contributed by atoms with Crippen LogP contribution in [0.2, 0.25) is 5.02 Å². The fourth-order valence-electron chi connectivity index (χ4n) is 2.25. The fraction of sp³-hybridized carbons (Fsp3) is 0.333. The summed E-state index contributed by atoms with van der Waals surface area (Å²) >= 11 is 6.08. The normalized spacial score (nSPS) is 12.1. The van der Waals surface area contributed by atoms with E-state index in [1.54, 1.807) is 0 Å². The molecule has 0 amide bonds. The van der Waals surface area contributed by atoms with E-state index in [0.717, 1.165) is 29.2 Å². The van der Waals surface area contributed by atoms with Crippen LogP contribution in [0.3, 0.4) is 0 Å². The van der Waals surface area contributed by atoms with Gasteiger partial charge >= 0.3 is 0 Å². The molecule has 0 aliphatic rings. The highest BCUT2D eigenvalue weighted by Crippen LogP contribution is 2.28. The Labute approximate surface area is 132 Å². The molecule has 0 radical (unpaired) electrons. The molecule has 2 aromatic carbocycles. The molecule has 112 valence electrons. The topological polar surface area (TPSA) is 21.3 Å². The minimum Gasteiger partial charge on any atom is -0.493 e. The van der Waals surface area contributed by atoms with Gasteiger partial charge in [0.1, 0.15) is 5.75 Å². The zero-order valence-corrected chi connectivity index (χ0v) is 13.4. The Balaban J connectivity index is 1.91. The number of aryl methyl sites for hydroxylation is 1. The molecule has 2 aromatic rings. The van der Waals surface area contributed by atoms with Crippen molar-refractivity contribution in [2.24, 2.45) is 0 Å². The first-order valence-corrected chi connectivity index (χ1v) is 7.72. The summed E-state index contributed by atoms with van der Waals surface area (Å²) in [4.78, 5) is 0. The van der Waals surface area contributed by atoms with Gasteiger partial charge in [-0.25, -0.2) is 0 Å². The third-order valence-electron chi connectivity index (χ3n) is 3.58. The molecule has 0 fully saturated rings. The molecule has 0 saturated carbocycles. The molecular formula is C18H22ClNO. The Kier molecular flexibility index (Phi) is 6.09. The highest BCUT2D eigenvalue weighted by molar-refractivity contribution is 6.30. The molecule has 0 spiro atoms. The van der Waals surface area contributed by atoms with Gasteiger partial charge in [0.15, 0.2) is 0 Å². The van der Waals surface area contributed by atoms with Crippen molar-refractivity contribution in [1.82, 2.24) is 5.32 Å². The van der Waals surface area contributed by atoms with E-state index in [9.17, 15) is 0 Å². The van der Waals surface area contributed by atoms with Crippen LogP contribution in [0.25, 0.3) is 0 Å². The molecule has 1 unspecified atom stereocenters. The standard InChI is InChI=1S/C18H22ClNO/c1-14(20-2)17-13-16(19)10-11-18(17)21-12-6-9-15-7-4-3-5-8-15/h3-5,7-8,10-11,13-14,20H,6,9,12H2,1-2H3. The zero-order chi connectivity index (χ0) is 15.1. The number of hydrogen-bond donors (Lipinski definition) is 1. The zero-order valence-electron chi connectivity index (χ0n) is 12.6. The third-order valence-corrected chi connectivity index (χ3v) is 3.82. The minimum absolute atomic E-state index is 0.216. The summed E-state index contributed by atoms with van der Waals surface area (Å²) in [6.07, 6.45) is 2.03. The quantitative estimate of drug-likeness (QED) is 0.753. The highest BCUT2D eigenvalue weighted by atomic mass is 35.5. The van der Waals surface area contributed by atoms with E-state index in [4.69, 9.17) is 16.3 Å². The maximum absolute atomic E-state index is 6.08. The van der Waals surface area contributed by atoms with Crippen LogP contribution in [0.4, 0.5) is 0 Å². The SMILES string of the molecule is CNC(C)c1cc(Cl)ccc1OCCCc1ccccc1. The highest BCUT2D eigenvalue weighted by Gasteiger charge is 2.10. The van der Waals surface area contributed by atoms with Crippen LogP contribution in [0.5, 0.6) is 5.75 Å². The van der Waals surface area contributed by atoms with Crippen LogP contribution in [0.15, 0.2) is 48.5 Å². The minimum atomic E-state index is 0.216. The second kappa shape index (κ2) is 8.06. The van der Waals surface area contributed by atoms with Crippen molar-refractivity contribution in [2.75, 3.05) is 13.7 Å². The Morgan fingerprint density at radius 2 is 1.90 bits per heavy atom. The van der Waals surface area contributed by atoms with Crippen LogP contribution < -0.4 is 10.1 Å². The van der Waals surface area contributed by atoms with Crippen molar-refractivity contribution in [3.8, 4) is 5.75 Å². The lowest BCUT2D eigenvalue weighted by atomic mass is 10.1. The maximum atomic E-state index is 6.08. The second-order valence-corrected chi connectivity index (χ2v) is 5.57. The van der Waals surface area contributed by atoms with E-state index in [1.807, 2.05) is 31.3 Å². The molecule has 0 saturated heterocycles. The molecule has 2 nitrogen and oxygen atoms in total. The largest absolute Gasteiger partial charge is 0.493 e. The van der Waals surface area contributed by atoms with Gasteiger partial charge < -0.3 is 10.1 Å². The summed E-state index contributed by atoms with van der Waals surface area (Å²) < 4.78 is 5.94. The van der Waals surface area contributed by atoms with Crippen molar-refractivity contribution in [2.45, 2.75) is 25.8 Å². The number of nitrogens with one attached hydrogen (secondary N) is 1. The molecule has 0 aliphatic carbocycles. The fourth-order valence-corrected chi connectivity index (χ4v) is 2.43. The first-order chi connectivity index (χ1) is 10.2. The molecule has 3 heteroatoms. The summed E-state index contributed by atoms with van der Waals surface area (Å²) in [7, 11) is 1.94. The predicted octanol–water partition coefficient (Wildman–Crippen LogP) is 4.63. The third kappa shape index (κ3) is 4.76. The molecule has 21 heavy (non-hydrogen) atoms. The van der Waals surface area contributed by atoms with Crippen molar-refractivity contribution >= 4 is 11.6 Å². The number of ether oxygens (including phenoxy) is 1. The summed E-state index contributed by atoms with van der Waals surface area (Å²) in [6, 6.07) is 16.5. The Morgan fingerprint density at radius 1 is 1.14 bits per heavy atom. The average molecular weight is 304 g/mol. The van der Waals surface area contributed by atoms with Gasteiger partial charge in [-0.3, -0.25) is 0 Å². The summed E-state index contributed by atoms with van der Waals surface area (Å²) in [5, 5.41) is 3.97. The van der Waals surface area contributed by atoms with Crippen LogP contribution >= 0.6 is 11.6 Å². The maximum Gasteiger partial charge on any atom is 0.124 e. The Hall–Kier alpha value is -1.51. The lowest BCUT2D eigenvalue weighted by Gasteiger charge is -2.17. The molecule has 2 rings (SSSR count). The van der Waals surface area contributed by atoms with E-state index >= 15 is 0 Å². The number of rotatable bonds is 7. The second-order valence-electron chi connectivity index (χ2n) is 5.13.